The Kier molecular flexibility index (Phi) is 4.84. The van der Waals surface area contributed by atoms with E-state index in [1.165, 1.54) is 6.33 Å². The standard InChI is InChI=1S/C13H13ClN4OS/c1-19-13-5-12(17-7-18-13)10-4-8(14)2-3-9(10)11(15)6-20-16/h2-7H,15-16H2,1H3/b11-6-. The molecule has 4 N–H and O–H groups in total. The molecule has 0 aliphatic heterocycles. The largest absolute Gasteiger partial charge is 0.481 e. The summed E-state index contributed by atoms with van der Waals surface area (Å²) in [7, 11) is 1.55. The fraction of sp³-hybridized carbons (Fsp3) is 0.0769. The van der Waals surface area contributed by atoms with E-state index in [0.29, 0.717) is 22.3 Å². The van der Waals surface area contributed by atoms with Crippen LogP contribution in [0.25, 0.3) is 17.0 Å². The van der Waals surface area contributed by atoms with Gasteiger partial charge in [-0.3, -0.25) is 5.14 Å². The Morgan fingerprint density at radius 2 is 2.15 bits per heavy atom. The molecule has 1 aromatic carbocycles. The number of hydrogen-bond donors (Lipinski definition) is 2. The fourth-order valence-electron chi connectivity index (χ4n) is 1.72. The van der Waals surface area contributed by atoms with Crippen LogP contribution >= 0.6 is 23.5 Å². The lowest BCUT2D eigenvalue weighted by Crippen LogP contribution is -2.00. The van der Waals surface area contributed by atoms with Crippen LogP contribution in [0.3, 0.4) is 0 Å². The molecule has 7 heteroatoms. The van der Waals surface area contributed by atoms with Crippen molar-refractivity contribution in [3.8, 4) is 17.1 Å². The maximum Gasteiger partial charge on any atom is 0.216 e. The highest BCUT2D eigenvalue weighted by Gasteiger charge is 2.11. The van der Waals surface area contributed by atoms with Crippen molar-refractivity contribution in [3.05, 3.63) is 46.6 Å². The summed E-state index contributed by atoms with van der Waals surface area (Å²) in [5.41, 5.74) is 8.82. The van der Waals surface area contributed by atoms with Crippen molar-refractivity contribution in [2.75, 3.05) is 7.11 Å². The first-order chi connectivity index (χ1) is 9.65. The highest BCUT2D eigenvalue weighted by Crippen LogP contribution is 2.30. The molecule has 0 aliphatic carbocycles. The topological polar surface area (TPSA) is 87.0 Å². The maximum atomic E-state index is 6.06. The smallest absolute Gasteiger partial charge is 0.216 e. The van der Waals surface area contributed by atoms with Gasteiger partial charge in [0.05, 0.1) is 12.8 Å². The number of ether oxygens (including phenoxy) is 1. The monoisotopic (exact) mass is 308 g/mol. The van der Waals surface area contributed by atoms with Crippen molar-refractivity contribution in [3.63, 3.8) is 0 Å². The van der Waals surface area contributed by atoms with Gasteiger partial charge in [-0.2, -0.15) is 0 Å². The van der Waals surface area contributed by atoms with E-state index in [9.17, 15) is 0 Å². The summed E-state index contributed by atoms with van der Waals surface area (Å²) < 4.78 is 5.10. The fourth-order valence-corrected chi connectivity index (χ4v) is 2.16. The first-order valence-electron chi connectivity index (χ1n) is 5.63. The lowest BCUT2D eigenvalue weighted by atomic mass is 10.0. The van der Waals surface area contributed by atoms with E-state index in [0.717, 1.165) is 23.1 Å². The van der Waals surface area contributed by atoms with Gasteiger partial charge in [0.2, 0.25) is 5.88 Å². The van der Waals surface area contributed by atoms with Gasteiger partial charge in [-0.05, 0) is 12.1 Å². The molecule has 0 saturated carbocycles. The van der Waals surface area contributed by atoms with Crippen molar-refractivity contribution < 1.29 is 4.74 Å². The molecule has 0 radical (unpaired) electrons. The number of hydrogen-bond acceptors (Lipinski definition) is 6. The minimum Gasteiger partial charge on any atom is -0.481 e. The Morgan fingerprint density at radius 3 is 2.85 bits per heavy atom. The van der Waals surface area contributed by atoms with Gasteiger partial charge in [0.1, 0.15) is 6.33 Å². The Morgan fingerprint density at radius 1 is 1.35 bits per heavy atom. The summed E-state index contributed by atoms with van der Waals surface area (Å²) in [5.74, 6) is 0.469. The highest BCUT2D eigenvalue weighted by atomic mass is 35.5. The molecule has 0 bridgehead atoms. The lowest BCUT2D eigenvalue weighted by molar-refractivity contribution is 0.397. The van der Waals surface area contributed by atoms with Crippen LogP contribution in [-0.4, -0.2) is 17.1 Å². The van der Waals surface area contributed by atoms with Gasteiger partial charge in [0.15, 0.2) is 0 Å². The zero-order chi connectivity index (χ0) is 14.5. The van der Waals surface area contributed by atoms with E-state index in [4.69, 9.17) is 27.2 Å². The van der Waals surface area contributed by atoms with Crippen LogP contribution in [0.2, 0.25) is 5.02 Å². The number of benzene rings is 1. The van der Waals surface area contributed by atoms with E-state index in [2.05, 4.69) is 9.97 Å². The molecule has 0 atom stereocenters. The van der Waals surface area contributed by atoms with Crippen LogP contribution < -0.4 is 15.6 Å². The first kappa shape index (κ1) is 14.6. The summed E-state index contributed by atoms with van der Waals surface area (Å²) >= 11 is 7.10. The normalized spacial score (nSPS) is 11.4. The third kappa shape index (κ3) is 3.22. The summed E-state index contributed by atoms with van der Waals surface area (Å²) in [6, 6.07) is 7.10. The molecule has 0 saturated heterocycles. The molecule has 1 aromatic heterocycles. The van der Waals surface area contributed by atoms with Gasteiger partial charge in [-0.25, -0.2) is 9.97 Å². The Labute approximate surface area is 126 Å². The predicted octanol–water partition coefficient (Wildman–Crippen LogP) is 2.67. The summed E-state index contributed by atoms with van der Waals surface area (Å²) in [6.45, 7) is 0. The number of nitrogens with two attached hydrogens (primary N) is 2. The molecule has 0 aliphatic rings. The second kappa shape index (κ2) is 6.60. The minimum atomic E-state index is 0.469. The van der Waals surface area contributed by atoms with Crippen molar-refractivity contribution in [1.29, 1.82) is 0 Å². The third-order valence-corrected chi connectivity index (χ3v) is 3.24. The van der Waals surface area contributed by atoms with Gasteiger partial charge in [0, 0.05) is 33.3 Å². The van der Waals surface area contributed by atoms with Crippen LogP contribution in [0.5, 0.6) is 5.88 Å². The molecular weight excluding hydrogens is 296 g/mol. The second-order valence-electron chi connectivity index (χ2n) is 3.84. The Bertz CT molecular complexity index is 648. The molecule has 20 heavy (non-hydrogen) atoms. The average molecular weight is 309 g/mol. The number of methoxy groups -OCH3 is 1. The van der Waals surface area contributed by atoms with Gasteiger partial charge in [-0.15, -0.1) is 0 Å². The van der Waals surface area contributed by atoms with E-state index < -0.39 is 0 Å². The molecule has 104 valence electrons. The number of nitrogens with zero attached hydrogens (tertiary/aromatic N) is 2. The molecule has 0 spiro atoms. The Hall–Kier alpha value is -1.76. The summed E-state index contributed by atoms with van der Waals surface area (Å²) in [4.78, 5) is 8.21. The molecule has 2 rings (SSSR count). The van der Waals surface area contributed by atoms with Crippen LogP contribution in [0, 0.1) is 0 Å². The van der Waals surface area contributed by atoms with Gasteiger partial charge in [0.25, 0.3) is 0 Å². The lowest BCUT2D eigenvalue weighted by Gasteiger charge is -2.10. The van der Waals surface area contributed by atoms with Crippen molar-refractivity contribution in [1.82, 2.24) is 9.97 Å². The quantitative estimate of drug-likeness (QED) is 0.844. The average Bonchev–Trinajstić information content (AvgIpc) is 2.47. The van der Waals surface area contributed by atoms with E-state index in [1.807, 2.05) is 6.07 Å². The van der Waals surface area contributed by atoms with Crippen LogP contribution in [0.15, 0.2) is 36.0 Å². The summed E-state index contributed by atoms with van der Waals surface area (Å²) in [6.07, 6.45) is 1.43. The molecule has 1 heterocycles. The van der Waals surface area contributed by atoms with E-state index in [-0.39, 0.29) is 0 Å². The van der Waals surface area contributed by atoms with Crippen molar-refractivity contribution >= 4 is 29.2 Å². The number of rotatable bonds is 4. The number of halogens is 1. The summed E-state index contributed by atoms with van der Waals surface area (Å²) in [5, 5.41) is 7.67. The Balaban J connectivity index is 2.59. The van der Waals surface area contributed by atoms with E-state index >= 15 is 0 Å². The van der Waals surface area contributed by atoms with Crippen LogP contribution in [-0.2, 0) is 0 Å². The molecule has 2 aromatic rings. The maximum absolute atomic E-state index is 6.06. The van der Waals surface area contributed by atoms with Crippen LogP contribution in [0.1, 0.15) is 5.56 Å². The molecule has 0 amide bonds. The van der Waals surface area contributed by atoms with Crippen molar-refractivity contribution in [2.24, 2.45) is 10.9 Å². The van der Waals surface area contributed by atoms with E-state index in [1.54, 1.807) is 30.7 Å². The van der Waals surface area contributed by atoms with Crippen LogP contribution in [0.4, 0.5) is 0 Å². The molecule has 5 nitrogen and oxygen atoms in total. The van der Waals surface area contributed by atoms with Gasteiger partial charge < -0.3 is 10.5 Å². The molecule has 0 fully saturated rings. The second-order valence-corrected chi connectivity index (χ2v) is 4.79. The molecule has 0 unspecified atom stereocenters. The van der Waals surface area contributed by atoms with Crippen molar-refractivity contribution in [2.45, 2.75) is 0 Å². The minimum absolute atomic E-state index is 0.469. The predicted molar refractivity (Wildman–Crippen MR) is 83.0 cm³/mol. The first-order valence-corrected chi connectivity index (χ1v) is 6.95. The molecular formula is C13H13ClN4OS. The highest BCUT2D eigenvalue weighted by molar-refractivity contribution is 8.00. The number of aromatic nitrogens is 2. The van der Waals surface area contributed by atoms with Gasteiger partial charge in [-0.1, -0.05) is 29.6 Å². The zero-order valence-corrected chi connectivity index (χ0v) is 12.3. The third-order valence-electron chi connectivity index (χ3n) is 2.61. The SMILES string of the molecule is COc1cc(-c2cc(Cl)ccc2/C(N)=C/SN)ncn1. The van der Waals surface area contributed by atoms with Gasteiger partial charge >= 0.3 is 0 Å². The zero-order valence-electron chi connectivity index (χ0n) is 10.7.